The summed E-state index contributed by atoms with van der Waals surface area (Å²) < 4.78 is 0. The van der Waals surface area contributed by atoms with Crippen molar-refractivity contribution in [2.24, 2.45) is 11.0 Å². The van der Waals surface area contributed by atoms with Gasteiger partial charge in [0.05, 0.1) is 6.04 Å². The number of allylic oxidation sites excluding steroid dienone is 3. The Morgan fingerprint density at radius 2 is 1.83 bits per heavy atom. The maximum absolute atomic E-state index is 10.8. The van der Waals surface area contributed by atoms with Gasteiger partial charge in [0.15, 0.2) is 0 Å². The summed E-state index contributed by atoms with van der Waals surface area (Å²) in [5, 5.41) is 15.5. The zero-order valence-electron chi connectivity index (χ0n) is 16.8. The lowest BCUT2D eigenvalue weighted by atomic mass is 9.81. The van der Waals surface area contributed by atoms with Gasteiger partial charge in [0, 0.05) is 24.4 Å². The van der Waals surface area contributed by atoms with Gasteiger partial charge in [0.25, 0.3) is 0 Å². The first-order valence-electron chi connectivity index (χ1n) is 10.1. The number of hydrogen-bond donors (Lipinski definition) is 1. The van der Waals surface area contributed by atoms with Gasteiger partial charge in [-0.05, 0) is 46.4 Å². The zero-order chi connectivity index (χ0) is 20.9. The standard InChI is InChI=1S/C26H24N2O2/c1-2-22(20-8-4-3-5-9-20)26(23-18-27-28-17-7-6-10-24(23)28)21-14-11-19(12-15-21)13-16-25(29)30/h3-18,23-24H,2H2,1H3,(H,29,30)/b16-13+,26-22+. The molecule has 150 valence electrons. The number of benzene rings is 2. The molecule has 0 bridgehead atoms. The molecule has 0 aromatic heterocycles. The highest BCUT2D eigenvalue weighted by atomic mass is 16.4. The van der Waals surface area contributed by atoms with Crippen LogP contribution in [0.2, 0.25) is 0 Å². The fraction of sp³-hybridized carbons (Fsp3) is 0.154. The van der Waals surface area contributed by atoms with E-state index < -0.39 is 5.97 Å². The second kappa shape index (κ2) is 8.78. The molecule has 2 unspecified atom stereocenters. The van der Waals surface area contributed by atoms with Gasteiger partial charge in [-0.2, -0.15) is 5.10 Å². The highest BCUT2D eigenvalue weighted by Gasteiger charge is 2.33. The van der Waals surface area contributed by atoms with E-state index in [1.54, 1.807) is 6.08 Å². The Hall–Kier alpha value is -3.66. The molecule has 4 rings (SSSR count). The number of carboxylic acids is 1. The quantitative estimate of drug-likeness (QED) is 0.520. The van der Waals surface area contributed by atoms with Gasteiger partial charge in [-0.15, -0.1) is 0 Å². The third-order valence-corrected chi connectivity index (χ3v) is 5.47. The molecule has 4 heteroatoms. The Labute approximate surface area is 176 Å². The highest BCUT2D eigenvalue weighted by molar-refractivity contribution is 5.99. The van der Waals surface area contributed by atoms with Crippen molar-refractivity contribution in [1.29, 1.82) is 0 Å². The van der Waals surface area contributed by atoms with Crippen LogP contribution in [0.15, 0.2) is 90.2 Å². The van der Waals surface area contributed by atoms with Crippen LogP contribution in [0.25, 0.3) is 17.2 Å². The number of rotatable bonds is 6. The van der Waals surface area contributed by atoms with Gasteiger partial charge in [0.1, 0.15) is 0 Å². The molecule has 1 N–H and O–H groups in total. The molecule has 0 radical (unpaired) electrons. The molecule has 2 heterocycles. The molecule has 30 heavy (non-hydrogen) atoms. The molecule has 2 aliphatic rings. The number of hydrogen-bond acceptors (Lipinski definition) is 3. The first-order valence-corrected chi connectivity index (χ1v) is 10.1. The Morgan fingerprint density at radius 1 is 1.07 bits per heavy atom. The topological polar surface area (TPSA) is 52.9 Å². The van der Waals surface area contributed by atoms with Crippen LogP contribution in [-0.4, -0.2) is 28.3 Å². The van der Waals surface area contributed by atoms with Crippen molar-refractivity contribution >= 4 is 29.4 Å². The summed E-state index contributed by atoms with van der Waals surface area (Å²) >= 11 is 0. The van der Waals surface area contributed by atoms with Crippen LogP contribution >= 0.6 is 0 Å². The molecule has 2 aromatic rings. The molecular weight excluding hydrogens is 372 g/mol. The van der Waals surface area contributed by atoms with Crippen molar-refractivity contribution in [3.05, 3.63) is 102 Å². The number of carbonyl (C=O) groups is 1. The average Bonchev–Trinajstić information content (AvgIpc) is 3.21. The second-order valence-corrected chi connectivity index (χ2v) is 7.29. The Bertz CT molecular complexity index is 1060. The molecule has 0 amide bonds. The van der Waals surface area contributed by atoms with Crippen LogP contribution in [0.5, 0.6) is 0 Å². The Morgan fingerprint density at radius 3 is 2.53 bits per heavy atom. The minimum absolute atomic E-state index is 0.127. The lowest BCUT2D eigenvalue weighted by molar-refractivity contribution is -0.131. The van der Waals surface area contributed by atoms with Crippen LogP contribution < -0.4 is 0 Å². The van der Waals surface area contributed by atoms with E-state index in [9.17, 15) is 4.79 Å². The van der Waals surface area contributed by atoms with Crippen LogP contribution in [0, 0.1) is 5.92 Å². The first-order chi connectivity index (χ1) is 14.7. The van der Waals surface area contributed by atoms with E-state index in [1.807, 2.05) is 41.7 Å². The number of carboxylic acid groups (broad SMARTS) is 1. The molecule has 2 aromatic carbocycles. The largest absolute Gasteiger partial charge is 0.478 e. The number of aliphatic carboxylic acids is 1. The van der Waals surface area contributed by atoms with Crippen LogP contribution in [-0.2, 0) is 4.79 Å². The van der Waals surface area contributed by atoms with Crippen LogP contribution in [0.3, 0.4) is 0 Å². The van der Waals surface area contributed by atoms with Gasteiger partial charge in [-0.1, -0.05) is 73.7 Å². The predicted molar refractivity (Wildman–Crippen MR) is 123 cm³/mol. The van der Waals surface area contributed by atoms with Crippen molar-refractivity contribution in [2.75, 3.05) is 0 Å². The van der Waals surface area contributed by atoms with Crippen molar-refractivity contribution in [3.63, 3.8) is 0 Å². The first kappa shape index (κ1) is 19.6. The van der Waals surface area contributed by atoms with Crippen LogP contribution in [0.1, 0.15) is 30.0 Å². The molecule has 2 aliphatic heterocycles. The lowest BCUT2D eigenvalue weighted by Crippen LogP contribution is -2.29. The lowest BCUT2D eigenvalue weighted by Gasteiger charge is -2.28. The van der Waals surface area contributed by atoms with E-state index in [2.05, 4.69) is 60.6 Å². The molecule has 0 saturated carbocycles. The zero-order valence-corrected chi connectivity index (χ0v) is 16.8. The summed E-state index contributed by atoms with van der Waals surface area (Å²) in [4.78, 5) is 10.8. The number of nitrogens with zero attached hydrogens (tertiary/aromatic N) is 2. The van der Waals surface area contributed by atoms with Crippen LogP contribution in [0.4, 0.5) is 0 Å². The monoisotopic (exact) mass is 396 g/mol. The van der Waals surface area contributed by atoms with Gasteiger partial charge in [-0.25, -0.2) is 4.79 Å². The summed E-state index contributed by atoms with van der Waals surface area (Å²) in [5.74, 6) is -0.821. The van der Waals surface area contributed by atoms with Crippen molar-refractivity contribution in [2.45, 2.75) is 19.4 Å². The predicted octanol–water partition coefficient (Wildman–Crippen LogP) is 5.47. The van der Waals surface area contributed by atoms with Crippen molar-refractivity contribution in [1.82, 2.24) is 5.01 Å². The van der Waals surface area contributed by atoms with E-state index >= 15 is 0 Å². The molecule has 0 aliphatic carbocycles. The minimum atomic E-state index is -0.948. The smallest absolute Gasteiger partial charge is 0.328 e. The normalized spacial score (nSPS) is 20.5. The maximum Gasteiger partial charge on any atom is 0.328 e. The summed E-state index contributed by atoms with van der Waals surface area (Å²) in [5.41, 5.74) is 5.76. The number of fused-ring (bicyclic) bond motifs is 1. The summed E-state index contributed by atoms with van der Waals surface area (Å²) in [6, 6.07) is 18.7. The van der Waals surface area contributed by atoms with Gasteiger partial charge < -0.3 is 5.11 Å². The van der Waals surface area contributed by atoms with Gasteiger partial charge >= 0.3 is 5.97 Å². The molecule has 4 nitrogen and oxygen atoms in total. The Balaban J connectivity index is 1.81. The van der Waals surface area contributed by atoms with Gasteiger partial charge in [0.2, 0.25) is 0 Å². The fourth-order valence-corrected chi connectivity index (χ4v) is 4.08. The maximum atomic E-state index is 10.8. The average molecular weight is 396 g/mol. The molecular formula is C26H24N2O2. The highest BCUT2D eigenvalue weighted by Crippen LogP contribution is 2.39. The van der Waals surface area contributed by atoms with E-state index in [0.29, 0.717) is 0 Å². The molecule has 0 fully saturated rings. The minimum Gasteiger partial charge on any atom is -0.478 e. The summed E-state index contributed by atoms with van der Waals surface area (Å²) in [6.45, 7) is 2.19. The SMILES string of the molecule is CC/C(=C(/c1ccc(/C=C/C(=O)O)cc1)C1C=NN2C=CC=CC12)c1ccccc1. The molecule has 0 saturated heterocycles. The van der Waals surface area contributed by atoms with Crippen molar-refractivity contribution in [3.8, 4) is 0 Å². The molecule has 0 spiro atoms. The number of hydrazone groups is 1. The van der Waals surface area contributed by atoms with E-state index in [1.165, 1.54) is 16.7 Å². The summed E-state index contributed by atoms with van der Waals surface area (Å²) in [7, 11) is 0. The van der Waals surface area contributed by atoms with Gasteiger partial charge in [-0.3, -0.25) is 5.01 Å². The van der Waals surface area contributed by atoms with E-state index in [0.717, 1.165) is 23.6 Å². The summed E-state index contributed by atoms with van der Waals surface area (Å²) in [6.07, 6.45) is 14.0. The van der Waals surface area contributed by atoms with E-state index in [-0.39, 0.29) is 12.0 Å². The molecule has 2 atom stereocenters. The van der Waals surface area contributed by atoms with Crippen molar-refractivity contribution < 1.29 is 9.90 Å². The Kier molecular flexibility index (Phi) is 5.75. The van der Waals surface area contributed by atoms with E-state index in [4.69, 9.17) is 5.11 Å². The second-order valence-electron chi connectivity index (χ2n) is 7.29. The third-order valence-electron chi connectivity index (χ3n) is 5.47. The third kappa shape index (κ3) is 4.03. The fourth-order valence-electron chi connectivity index (χ4n) is 4.08.